The molecule has 1 atom stereocenters. The first-order valence-corrected chi connectivity index (χ1v) is 11.2. The molecule has 1 aliphatic carbocycles. The Morgan fingerprint density at radius 2 is 1.48 bits per heavy atom. The standard InChI is InChI=1S/C26H32N2O5/c1-16(2)23(24(30)27-14-22(29)33-26(3,4)5)28-25(31)32-15-21-19-12-8-6-10-17(19)18-11-7-9-13-20(18)21/h6-13,16,21,23H,14-15H2,1-5H3,(H,27,30)(H,28,31)/t23-/m0/s1. The van der Waals surface area contributed by atoms with Crippen LogP contribution in [-0.4, -0.2) is 42.8 Å². The largest absolute Gasteiger partial charge is 0.459 e. The van der Waals surface area contributed by atoms with Crippen molar-refractivity contribution in [1.29, 1.82) is 0 Å². The molecule has 0 saturated carbocycles. The zero-order valence-corrected chi connectivity index (χ0v) is 19.8. The number of nitrogens with one attached hydrogen (secondary N) is 2. The third-order valence-corrected chi connectivity index (χ3v) is 5.39. The lowest BCUT2D eigenvalue weighted by atomic mass is 9.98. The Hall–Kier alpha value is -3.35. The molecule has 176 valence electrons. The van der Waals surface area contributed by atoms with E-state index in [1.54, 1.807) is 20.8 Å². The number of hydrogen-bond donors (Lipinski definition) is 2. The van der Waals surface area contributed by atoms with Crippen LogP contribution in [0.3, 0.4) is 0 Å². The molecular formula is C26H32N2O5. The molecule has 7 heteroatoms. The quantitative estimate of drug-likeness (QED) is 0.619. The summed E-state index contributed by atoms with van der Waals surface area (Å²) in [7, 11) is 0. The van der Waals surface area contributed by atoms with Crippen molar-refractivity contribution in [3.63, 3.8) is 0 Å². The lowest BCUT2D eigenvalue weighted by molar-refractivity contribution is -0.154. The van der Waals surface area contributed by atoms with Crippen LogP contribution in [-0.2, 0) is 19.1 Å². The molecule has 2 N–H and O–H groups in total. The zero-order valence-electron chi connectivity index (χ0n) is 19.8. The highest BCUT2D eigenvalue weighted by atomic mass is 16.6. The van der Waals surface area contributed by atoms with Crippen molar-refractivity contribution in [2.75, 3.05) is 13.2 Å². The van der Waals surface area contributed by atoms with Gasteiger partial charge < -0.3 is 20.1 Å². The average Bonchev–Trinajstić information content (AvgIpc) is 3.07. The van der Waals surface area contributed by atoms with E-state index in [-0.39, 0.29) is 25.0 Å². The summed E-state index contributed by atoms with van der Waals surface area (Å²) >= 11 is 0. The van der Waals surface area contributed by atoms with Gasteiger partial charge in [-0.25, -0.2) is 4.79 Å². The number of rotatable bonds is 7. The summed E-state index contributed by atoms with van der Waals surface area (Å²) in [4.78, 5) is 37.0. The van der Waals surface area contributed by atoms with Crippen molar-refractivity contribution in [1.82, 2.24) is 10.6 Å². The second-order valence-corrected chi connectivity index (χ2v) is 9.50. The van der Waals surface area contributed by atoms with E-state index in [0.29, 0.717) is 0 Å². The molecule has 3 rings (SSSR count). The van der Waals surface area contributed by atoms with E-state index >= 15 is 0 Å². The first kappa shape index (κ1) is 24.3. The Morgan fingerprint density at radius 3 is 2.00 bits per heavy atom. The number of amides is 2. The number of alkyl carbamates (subject to hydrolysis) is 1. The van der Waals surface area contributed by atoms with Crippen molar-refractivity contribution in [2.24, 2.45) is 5.92 Å². The molecule has 0 fully saturated rings. The average molecular weight is 453 g/mol. The van der Waals surface area contributed by atoms with Crippen LogP contribution in [0.25, 0.3) is 11.1 Å². The summed E-state index contributed by atoms with van der Waals surface area (Å²) < 4.78 is 10.7. The predicted molar refractivity (Wildman–Crippen MR) is 126 cm³/mol. The van der Waals surface area contributed by atoms with E-state index in [4.69, 9.17) is 9.47 Å². The van der Waals surface area contributed by atoms with Crippen LogP contribution in [0, 0.1) is 5.92 Å². The Bertz CT molecular complexity index is 980. The van der Waals surface area contributed by atoms with E-state index in [0.717, 1.165) is 22.3 Å². The topological polar surface area (TPSA) is 93.7 Å². The highest BCUT2D eigenvalue weighted by molar-refractivity contribution is 5.88. The van der Waals surface area contributed by atoms with Crippen LogP contribution in [0.15, 0.2) is 48.5 Å². The van der Waals surface area contributed by atoms with E-state index in [1.165, 1.54) is 0 Å². The maximum absolute atomic E-state index is 12.6. The summed E-state index contributed by atoms with van der Waals surface area (Å²) in [5, 5.41) is 5.17. The molecule has 0 unspecified atom stereocenters. The highest BCUT2D eigenvalue weighted by Gasteiger charge is 2.30. The minimum Gasteiger partial charge on any atom is -0.459 e. The van der Waals surface area contributed by atoms with Crippen molar-refractivity contribution in [3.05, 3.63) is 59.7 Å². The van der Waals surface area contributed by atoms with Crippen LogP contribution in [0.1, 0.15) is 51.7 Å². The van der Waals surface area contributed by atoms with Gasteiger partial charge in [0, 0.05) is 5.92 Å². The summed E-state index contributed by atoms with van der Waals surface area (Å²) in [5.41, 5.74) is 3.87. The fourth-order valence-electron chi connectivity index (χ4n) is 3.95. The lowest BCUT2D eigenvalue weighted by Crippen LogP contribution is -2.51. The van der Waals surface area contributed by atoms with Crippen molar-refractivity contribution < 1.29 is 23.9 Å². The molecule has 0 heterocycles. The molecule has 2 aromatic rings. The van der Waals surface area contributed by atoms with Gasteiger partial charge in [0.25, 0.3) is 0 Å². The fraction of sp³-hybridized carbons (Fsp3) is 0.423. The van der Waals surface area contributed by atoms with Crippen molar-refractivity contribution in [3.8, 4) is 11.1 Å². The minimum atomic E-state index is -0.844. The Morgan fingerprint density at radius 1 is 0.939 bits per heavy atom. The Balaban J connectivity index is 1.59. The first-order valence-electron chi connectivity index (χ1n) is 11.2. The maximum atomic E-state index is 12.6. The smallest absolute Gasteiger partial charge is 0.407 e. The molecule has 0 spiro atoms. The molecular weight excluding hydrogens is 420 g/mol. The highest BCUT2D eigenvalue weighted by Crippen LogP contribution is 2.44. The number of ether oxygens (including phenoxy) is 2. The van der Waals surface area contributed by atoms with Gasteiger partial charge >= 0.3 is 12.1 Å². The van der Waals surface area contributed by atoms with Gasteiger partial charge in [0.2, 0.25) is 5.91 Å². The number of fused-ring (bicyclic) bond motifs is 3. The molecule has 0 radical (unpaired) electrons. The van der Waals surface area contributed by atoms with Crippen LogP contribution >= 0.6 is 0 Å². The Kier molecular flexibility index (Phi) is 7.41. The molecule has 33 heavy (non-hydrogen) atoms. The van der Waals surface area contributed by atoms with E-state index < -0.39 is 29.6 Å². The van der Waals surface area contributed by atoms with Gasteiger partial charge in [0.1, 0.15) is 24.8 Å². The summed E-state index contributed by atoms with van der Waals surface area (Å²) in [5.74, 6) is -1.28. The fourth-order valence-corrected chi connectivity index (χ4v) is 3.95. The monoisotopic (exact) mass is 452 g/mol. The molecule has 2 amide bonds. The van der Waals surface area contributed by atoms with Crippen LogP contribution in [0.2, 0.25) is 0 Å². The van der Waals surface area contributed by atoms with E-state index in [2.05, 4.69) is 22.8 Å². The van der Waals surface area contributed by atoms with Crippen LogP contribution in [0.4, 0.5) is 4.79 Å². The van der Waals surface area contributed by atoms with Gasteiger partial charge in [0.15, 0.2) is 0 Å². The molecule has 7 nitrogen and oxygen atoms in total. The van der Waals surface area contributed by atoms with Gasteiger partial charge in [-0.05, 0) is 48.9 Å². The lowest BCUT2D eigenvalue weighted by Gasteiger charge is -2.23. The number of carbonyl (C=O) groups excluding carboxylic acids is 3. The number of benzene rings is 2. The third-order valence-electron chi connectivity index (χ3n) is 5.39. The molecule has 0 bridgehead atoms. The summed E-state index contributed by atoms with van der Waals surface area (Å²) in [6, 6.07) is 15.3. The van der Waals surface area contributed by atoms with Crippen molar-refractivity contribution >= 4 is 18.0 Å². The molecule has 1 aliphatic rings. The van der Waals surface area contributed by atoms with Gasteiger partial charge in [-0.3, -0.25) is 9.59 Å². The predicted octanol–water partition coefficient (Wildman–Crippen LogP) is 4.01. The zero-order chi connectivity index (χ0) is 24.2. The third kappa shape index (κ3) is 6.12. The molecule has 0 aliphatic heterocycles. The van der Waals surface area contributed by atoms with E-state index in [9.17, 15) is 14.4 Å². The van der Waals surface area contributed by atoms with Crippen LogP contribution < -0.4 is 10.6 Å². The second kappa shape index (κ2) is 10.1. The number of esters is 1. The van der Waals surface area contributed by atoms with Gasteiger partial charge in [-0.2, -0.15) is 0 Å². The van der Waals surface area contributed by atoms with Gasteiger partial charge in [-0.15, -0.1) is 0 Å². The number of carbonyl (C=O) groups is 3. The molecule has 2 aromatic carbocycles. The number of hydrogen-bond acceptors (Lipinski definition) is 5. The Labute approximate surface area is 194 Å². The minimum absolute atomic E-state index is 0.0679. The SMILES string of the molecule is CC(C)[C@H](NC(=O)OCC1c2ccccc2-c2ccccc21)C(=O)NCC(=O)OC(C)(C)C. The summed E-state index contributed by atoms with van der Waals surface area (Å²) in [6.07, 6.45) is -0.678. The van der Waals surface area contributed by atoms with Crippen molar-refractivity contribution in [2.45, 2.75) is 52.2 Å². The van der Waals surface area contributed by atoms with Crippen LogP contribution in [0.5, 0.6) is 0 Å². The normalized spacial score (nSPS) is 13.6. The molecule has 0 saturated heterocycles. The second-order valence-electron chi connectivity index (χ2n) is 9.50. The van der Waals surface area contributed by atoms with Gasteiger partial charge in [-0.1, -0.05) is 62.4 Å². The summed E-state index contributed by atoms with van der Waals surface area (Å²) in [6.45, 7) is 8.76. The maximum Gasteiger partial charge on any atom is 0.407 e. The van der Waals surface area contributed by atoms with Gasteiger partial charge in [0.05, 0.1) is 0 Å². The van der Waals surface area contributed by atoms with E-state index in [1.807, 2.05) is 50.2 Å². The first-order chi connectivity index (χ1) is 15.6. The molecule has 0 aromatic heterocycles.